The fraction of sp³-hybridized carbons (Fsp3) is 0.242. The number of benzene rings is 3. The fourth-order valence-electron chi connectivity index (χ4n) is 4.46. The number of nitrogens with zero attached hydrogens (tertiary/aromatic N) is 3. The normalized spacial score (nSPS) is 11.8. The molecule has 234 valence electrons. The first-order chi connectivity index (χ1) is 21.9. The minimum atomic E-state index is -1.03. The van der Waals surface area contributed by atoms with Gasteiger partial charge in [0, 0.05) is 32.0 Å². The number of methoxy groups -OCH3 is 1. The number of hydrogen-bond acceptors (Lipinski definition) is 9. The number of aromatic nitrogens is 4. The maximum absolute atomic E-state index is 9.66. The van der Waals surface area contributed by atoms with E-state index in [0.717, 1.165) is 17.5 Å². The fourth-order valence-corrected chi connectivity index (χ4v) is 5.11. The van der Waals surface area contributed by atoms with Gasteiger partial charge in [0.2, 0.25) is 5.95 Å². The molecule has 5 rings (SSSR count). The summed E-state index contributed by atoms with van der Waals surface area (Å²) in [6.45, 7) is 1.14. The van der Waals surface area contributed by atoms with E-state index in [4.69, 9.17) is 52.5 Å². The maximum Gasteiger partial charge on any atom is 0.223 e. The summed E-state index contributed by atoms with van der Waals surface area (Å²) in [7, 11) is 1.66. The van der Waals surface area contributed by atoms with Crippen molar-refractivity contribution >= 4 is 29.2 Å². The molecule has 5 aromatic rings. The van der Waals surface area contributed by atoms with Crippen LogP contribution in [0.5, 0.6) is 11.5 Å². The molecule has 0 aliphatic rings. The van der Waals surface area contributed by atoms with Crippen LogP contribution in [0.25, 0.3) is 34.0 Å². The largest absolute Gasteiger partial charge is 0.491 e. The summed E-state index contributed by atoms with van der Waals surface area (Å²) in [4.78, 5) is 17.4. The van der Waals surface area contributed by atoms with Gasteiger partial charge in [-0.05, 0) is 42.3 Å². The molecular formula is C33H33Cl2N5O5. The number of aromatic amines is 1. The standard InChI is InChI=1S/C33H33Cl2N5O5/c1-43-14-6-12-36-33-37-13-11-28(38-33)31-30(22-9-5-10-24(15-22)44-19-21-7-3-2-4-8-21)39-32(40-31)29-26(34)16-25(17-27(29)35)45-20-23(42)18-41/h2-5,7-11,13,15-17,23,41-42H,6,12,14,18-20H2,1H3,(H,39,40)(H,36,37,38)/t23-/m1/s1. The van der Waals surface area contributed by atoms with Crippen molar-refractivity contribution in [2.45, 2.75) is 19.1 Å². The van der Waals surface area contributed by atoms with Crippen LogP contribution in [0.2, 0.25) is 10.0 Å². The average molecular weight is 651 g/mol. The van der Waals surface area contributed by atoms with Crippen molar-refractivity contribution in [1.29, 1.82) is 0 Å². The van der Waals surface area contributed by atoms with Crippen molar-refractivity contribution in [3.05, 3.63) is 94.6 Å². The first-order valence-corrected chi connectivity index (χ1v) is 15.0. The molecule has 0 fully saturated rings. The molecule has 0 unspecified atom stereocenters. The number of aliphatic hydroxyl groups is 2. The van der Waals surface area contributed by atoms with Gasteiger partial charge in [-0.25, -0.2) is 15.0 Å². The summed E-state index contributed by atoms with van der Waals surface area (Å²) < 4.78 is 16.8. The zero-order valence-corrected chi connectivity index (χ0v) is 26.1. The second-order valence-electron chi connectivity index (χ2n) is 10.1. The first kappa shape index (κ1) is 32.2. The number of nitrogens with one attached hydrogen (secondary N) is 2. The second kappa shape index (κ2) is 15.7. The van der Waals surface area contributed by atoms with Gasteiger partial charge in [-0.2, -0.15) is 0 Å². The smallest absolute Gasteiger partial charge is 0.223 e. The van der Waals surface area contributed by atoms with Gasteiger partial charge in [-0.15, -0.1) is 0 Å². The van der Waals surface area contributed by atoms with E-state index in [2.05, 4.69) is 15.3 Å². The molecule has 0 saturated carbocycles. The monoisotopic (exact) mass is 649 g/mol. The molecule has 0 bridgehead atoms. The Kier molecular flexibility index (Phi) is 11.2. The molecule has 3 aromatic carbocycles. The van der Waals surface area contributed by atoms with Crippen molar-refractivity contribution in [2.24, 2.45) is 0 Å². The van der Waals surface area contributed by atoms with E-state index in [1.54, 1.807) is 31.5 Å². The van der Waals surface area contributed by atoms with Crippen LogP contribution in [0.1, 0.15) is 12.0 Å². The third-order valence-corrected chi connectivity index (χ3v) is 7.28. The van der Waals surface area contributed by atoms with Crippen molar-refractivity contribution < 1.29 is 24.4 Å². The zero-order valence-electron chi connectivity index (χ0n) is 24.5. The maximum atomic E-state index is 9.66. The summed E-state index contributed by atoms with van der Waals surface area (Å²) in [6, 6.07) is 22.6. The molecular weight excluding hydrogens is 617 g/mol. The molecule has 2 aromatic heterocycles. The third-order valence-electron chi connectivity index (χ3n) is 6.69. The van der Waals surface area contributed by atoms with Crippen LogP contribution < -0.4 is 14.8 Å². The Hall–Kier alpha value is -4.19. The van der Waals surface area contributed by atoms with Crippen LogP contribution in [0, 0.1) is 0 Å². The quantitative estimate of drug-likeness (QED) is 0.0968. The van der Waals surface area contributed by atoms with Gasteiger partial charge in [-0.3, -0.25) is 0 Å². The van der Waals surface area contributed by atoms with E-state index in [1.165, 1.54) is 0 Å². The van der Waals surface area contributed by atoms with E-state index in [0.29, 0.717) is 65.7 Å². The van der Waals surface area contributed by atoms with Gasteiger partial charge in [0.15, 0.2) is 0 Å². The predicted molar refractivity (Wildman–Crippen MR) is 175 cm³/mol. The van der Waals surface area contributed by atoms with E-state index in [9.17, 15) is 5.11 Å². The number of aliphatic hydroxyl groups excluding tert-OH is 2. The van der Waals surface area contributed by atoms with Gasteiger partial charge in [-0.1, -0.05) is 65.7 Å². The molecule has 0 spiro atoms. The molecule has 0 radical (unpaired) electrons. The molecule has 4 N–H and O–H groups in total. The average Bonchev–Trinajstić information content (AvgIpc) is 3.50. The summed E-state index contributed by atoms with van der Waals surface area (Å²) in [5.41, 5.74) is 4.15. The lowest BCUT2D eigenvalue weighted by Gasteiger charge is -2.12. The molecule has 2 heterocycles. The lowest BCUT2D eigenvalue weighted by molar-refractivity contribution is 0.0536. The minimum absolute atomic E-state index is 0.115. The van der Waals surface area contributed by atoms with Crippen molar-refractivity contribution in [3.8, 4) is 45.5 Å². The van der Waals surface area contributed by atoms with E-state index in [1.807, 2.05) is 54.6 Å². The minimum Gasteiger partial charge on any atom is -0.491 e. The lowest BCUT2D eigenvalue weighted by atomic mass is 10.1. The van der Waals surface area contributed by atoms with Crippen LogP contribution in [0.15, 0.2) is 79.0 Å². The summed E-state index contributed by atoms with van der Waals surface area (Å²) in [5.74, 6) is 1.91. The molecule has 0 saturated heterocycles. The van der Waals surface area contributed by atoms with Crippen LogP contribution in [-0.4, -0.2) is 69.7 Å². The third kappa shape index (κ3) is 8.50. The number of hydrogen-bond donors (Lipinski definition) is 4. The molecule has 45 heavy (non-hydrogen) atoms. The summed E-state index contributed by atoms with van der Waals surface area (Å²) in [6.07, 6.45) is 1.45. The number of ether oxygens (including phenoxy) is 3. The lowest BCUT2D eigenvalue weighted by Crippen LogP contribution is -2.21. The molecule has 1 atom stereocenters. The number of halogens is 2. The number of anilines is 1. The highest BCUT2D eigenvalue weighted by molar-refractivity contribution is 6.39. The Balaban J connectivity index is 1.51. The highest BCUT2D eigenvalue weighted by atomic mass is 35.5. The number of rotatable bonds is 15. The topological polar surface area (TPSA) is 135 Å². The Labute approximate surface area is 271 Å². The van der Waals surface area contributed by atoms with Crippen LogP contribution >= 0.6 is 23.2 Å². The number of imidazole rings is 1. The Morgan fingerprint density at radius 3 is 2.49 bits per heavy atom. The van der Waals surface area contributed by atoms with Gasteiger partial charge in [0.1, 0.15) is 36.6 Å². The van der Waals surface area contributed by atoms with Gasteiger partial charge in [0.05, 0.1) is 39.3 Å². The highest BCUT2D eigenvalue weighted by Gasteiger charge is 2.21. The summed E-state index contributed by atoms with van der Waals surface area (Å²) >= 11 is 13.4. The Bertz CT molecular complexity index is 1680. The van der Waals surface area contributed by atoms with E-state index < -0.39 is 12.7 Å². The first-order valence-electron chi connectivity index (χ1n) is 14.3. The Morgan fingerprint density at radius 1 is 0.933 bits per heavy atom. The SMILES string of the molecule is COCCCNc1nccc(-c2[nH]c(-c3c(Cl)cc(OC[C@H](O)CO)cc3Cl)nc2-c2cccc(OCc3ccccc3)c2)n1. The summed E-state index contributed by atoms with van der Waals surface area (Å²) in [5, 5.41) is 22.5. The molecule has 0 aliphatic heterocycles. The molecule has 0 aliphatic carbocycles. The van der Waals surface area contributed by atoms with Crippen LogP contribution in [0.3, 0.4) is 0 Å². The van der Waals surface area contributed by atoms with Crippen molar-refractivity contribution in [3.63, 3.8) is 0 Å². The molecule has 12 heteroatoms. The Morgan fingerprint density at radius 2 is 1.73 bits per heavy atom. The van der Waals surface area contributed by atoms with Crippen molar-refractivity contribution in [2.75, 3.05) is 38.8 Å². The van der Waals surface area contributed by atoms with Crippen molar-refractivity contribution in [1.82, 2.24) is 19.9 Å². The molecule has 10 nitrogen and oxygen atoms in total. The highest BCUT2D eigenvalue weighted by Crippen LogP contribution is 2.40. The molecule has 0 amide bonds. The van der Waals surface area contributed by atoms with Gasteiger partial charge < -0.3 is 34.7 Å². The second-order valence-corrected chi connectivity index (χ2v) is 10.9. The van der Waals surface area contributed by atoms with E-state index >= 15 is 0 Å². The zero-order chi connectivity index (χ0) is 31.6. The number of H-pyrrole nitrogens is 1. The van der Waals surface area contributed by atoms with E-state index in [-0.39, 0.29) is 16.7 Å². The van der Waals surface area contributed by atoms with Crippen LogP contribution in [0.4, 0.5) is 5.95 Å². The van der Waals surface area contributed by atoms with Gasteiger partial charge in [0.25, 0.3) is 0 Å². The van der Waals surface area contributed by atoms with Gasteiger partial charge >= 0.3 is 0 Å². The predicted octanol–water partition coefficient (Wildman–Crippen LogP) is 6.27. The van der Waals surface area contributed by atoms with Crippen LogP contribution in [-0.2, 0) is 11.3 Å².